The highest BCUT2D eigenvalue weighted by Crippen LogP contribution is 2.41. The van der Waals surface area contributed by atoms with Gasteiger partial charge in [-0.15, -0.1) is 11.8 Å². The van der Waals surface area contributed by atoms with E-state index in [1.165, 1.54) is 11.8 Å². The highest BCUT2D eigenvalue weighted by molar-refractivity contribution is 7.98. The van der Waals surface area contributed by atoms with Crippen molar-refractivity contribution in [1.82, 2.24) is 5.32 Å². The van der Waals surface area contributed by atoms with Crippen LogP contribution in [0, 0.1) is 0 Å². The fraction of sp³-hybridized carbons (Fsp3) is 0.759. The zero-order valence-electron chi connectivity index (χ0n) is 25.5. The van der Waals surface area contributed by atoms with Crippen molar-refractivity contribution in [3.63, 3.8) is 0 Å². The van der Waals surface area contributed by atoms with Gasteiger partial charge in [0.2, 0.25) is 5.91 Å². The van der Waals surface area contributed by atoms with E-state index in [9.17, 15) is 13.2 Å². The molecule has 3 aliphatic rings. The molecule has 0 saturated carbocycles. The van der Waals surface area contributed by atoms with E-state index >= 15 is 0 Å². The van der Waals surface area contributed by atoms with Crippen molar-refractivity contribution in [2.75, 3.05) is 18.8 Å². The van der Waals surface area contributed by atoms with Gasteiger partial charge in [0, 0.05) is 0 Å². The van der Waals surface area contributed by atoms with Crippen LogP contribution in [-0.2, 0) is 42.8 Å². The first-order valence-electron chi connectivity index (χ1n) is 14.3. The number of benzene rings is 1. The normalized spacial score (nSPS) is 28.3. The fourth-order valence-corrected chi connectivity index (χ4v) is 7.26. The molecule has 3 fully saturated rings. The van der Waals surface area contributed by atoms with Crippen LogP contribution in [0.1, 0.15) is 96.3 Å². The van der Waals surface area contributed by atoms with Crippen LogP contribution in [-0.4, -0.2) is 75.8 Å². The molecule has 0 aromatic heterocycles. The van der Waals surface area contributed by atoms with Gasteiger partial charge in [-0.25, -0.2) is 0 Å². The third-order valence-electron chi connectivity index (χ3n) is 7.52. The molecule has 0 bridgehead atoms. The van der Waals surface area contributed by atoms with Crippen LogP contribution in [0.3, 0.4) is 0 Å². The maximum atomic E-state index is 14.0. The Kier molecular flexibility index (Phi) is 10.2. The van der Waals surface area contributed by atoms with Gasteiger partial charge in [0.1, 0.15) is 35.5 Å². The molecule has 3 saturated heterocycles. The van der Waals surface area contributed by atoms with E-state index in [4.69, 9.17) is 27.9 Å². The van der Waals surface area contributed by atoms with Crippen molar-refractivity contribution < 1.29 is 41.1 Å². The number of ether oxygens (including phenoxy) is 5. The highest BCUT2D eigenvalue weighted by Gasteiger charge is 2.58. The molecule has 4 rings (SSSR count). The Morgan fingerprint density at radius 2 is 1.66 bits per heavy atom. The van der Waals surface area contributed by atoms with Crippen LogP contribution >= 0.6 is 11.8 Å². The molecule has 0 unspecified atom stereocenters. The molecule has 12 heteroatoms. The molecule has 1 amide bonds. The lowest BCUT2D eigenvalue weighted by atomic mass is 9.89. The number of β-lactam (4-membered cyclic amide) rings is 1. The first kappa shape index (κ1) is 32.7. The monoisotopic (exact) mass is 615 g/mol. The molecule has 1 aromatic carbocycles. The molecule has 41 heavy (non-hydrogen) atoms. The predicted octanol–water partition coefficient (Wildman–Crippen LogP) is 4.58. The average molecular weight is 616 g/mol. The first-order valence-corrected chi connectivity index (χ1v) is 17.1. The highest BCUT2D eigenvalue weighted by atomic mass is 32.2. The molecular weight excluding hydrogens is 570 g/mol. The van der Waals surface area contributed by atoms with E-state index in [-0.39, 0.29) is 41.6 Å². The zero-order valence-corrected chi connectivity index (χ0v) is 27.1. The van der Waals surface area contributed by atoms with Crippen molar-refractivity contribution in [2.45, 2.75) is 127 Å². The van der Waals surface area contributed by atoms with Gasteiger partial charge in [-0.05, 0) is 54.5 Å². The molecule has 10 nitrogen and oxygen atoms in total. The maximum Gasteiger partial charge on any atom is 0.297 e. The van der Waals surface area contributed by atoms with Crippen molar-refractivity contribution in [3.05, 3.63) is 28.8 Å². The second-order valence-corrected chi connectivity index (χ2v) is 14.6. The third-order valence-corrected chi connectivity index (χ3v) is 9.31. The lowest BCUT2D eigenvalue weighted by molar-refractivity contribution is -0.239. The van der Waals surface area contributed by atoms with Crippen molar-refractivity contribution in [3.8, 4) is 0 Å². The van der Waals surface area contributed by atoms with Gasteiger partial charge < -0.3 is 29.0 Å². The smallest absolute Gasteiger partial charge is 0.297 e. The Morgan fingerprint density at radius 1 is 1.05 bits per heavy atom. The van der Waals surface area contributed by atoms with E-state index < -0.39 is 52.8 Å². The summed E-state index contributed by atoms with van der Waals surface area (Å²) < 4.78 is 64.3. The van der Waals surface area contributed by atoms with Crippen LogP contribution in [0.5, 0.6) is 0 Å². The van der Waals surface area contributed by atoms with E-state index in [1.54, 1.807) is 13.8 Å². The second kappa shape index (κ2) is 12.8. The number of fused-ring (bicyclic) bond motifs is 1. The van der Waals surface area contributed by atoms with Crippen LogP contribution < -0.4 is 5.32 Å². The van der Waals surface area contributed by atoms with E-state index in [0.717, 1.165) is 16.7 Å². The topological polar surface area (TPSA) is 119 Å². The third kappa shape index (κ3) is 7.29. The Morgan fingerprint density at radius 3 is 2.17 bits per heavy atom. The molecule has 1 N–H and O–H groups in total. The van der Waals surface area contributed by atoms with Gasteiger partial charge in [0.25, 0.3) is 10.1 Å². The van der Waals surface area contributed by atoms with Gasteiger partial charge in [0.15, 0.2) is 12.1 Å². The van der Waals surface area contributed by atoms with E-state index in [2.05, 4.69) is 19.2 Å². The summed E-state index contributed by atoms with van der Waals surface area (Å²) in [6, 6.07) is 3.94. The molecule has 3 heterocycles. The fourth-order valence-electron chi connectivity index (χ4n) is 5.37. The molecule has 1 aromatic rings. The summed E-state index contributed by atoms with van der Waals surface area (Å²) in [5.74, 6) is -0.496. The summed E-state index contributed by atoms with van der Waals surface area (Å²) in [4.78, 5) is 11.8. The van der Waals surface area contributed by atoms with E-state index in [0.29, 0.717) is 5.94 Å². The summed E-state index contributed by atoms with van der Waals surface area (Å²) >= 11 is 1.49. The summed E-state index contributed by atoms with van der Waals surface area (Å²) in [7, 11) is -4.22. The number of carbonyl (C=O) groups excluding carboxylic acids is 1. The van der Waals surface area contributed by atoms with Gasteiger partial charge in [0.05, 0.1) is 19.0 Å². The molecule has 0 aliphatic carbocycles. The largest absolute Gasteiger partial charge is 0.362 e. The van der Waals surface area contributed by atoms with E-state index in [1.807, 2.05) is 46.1 Å². The minimum Gasteiger partial charge on any atom is -0.362 e. The Balaban J connectivity index is 1.64. The van der Waals surface area contributed by atoms with Crippen molar-refractivity contribution >= 4 is 27.8 Å². The second-order valence-electron chi connectivity index (χ2n) is 12.3. The number of carbonyl (C=O) groups is 1. The standard InChI is InChI=1S/C29H45NO9S2/c1-15(2)18-10-19(16(3)4)27(20(11-18)17(5)6)41(32,33)35-13-21(36-23-12-22(31)30-23)24-25(34-14-40-9)26-28(37-24)39-29(7,8)38-26/h10-11,15-17,21,23-26,28H,12-14H2,1-9H3,(H,30,31)/t21-,23+,24-,25-,26-,28-/m1/s1. The van der Waals surface area contributed by atoms with Crippen LogP contribution in [0.25, 0.3) is 0 Å². The Hall–Kier alpha value is -1.25. The first-order chi connectivity index (χ1) is 19.1. The quantitative estimate of drug-likeness (QED) is 0.192. The number of rotatable bonds is 13. The number of hydrogen-bond acceptors (Lipinski definition) is 10. The molecule has 0 spiro atoms. The summed E-state index contributed by atoms with van der Waals surface area (Å²) in [6.45, 7) is 15.4. The lowest BCUT2D eigenvalue weighted by Gasteiger charge is -2.35. The van der Waals surface area contributed by atoms with Gasteiger partial charge in [-0.1, -0.05) is 53.7 Å². The number of thioether (sulfide) groups is 1. The Labute approximate surface area is 248 Å². The minimum atomic E-state index is -4.22. The lowest BCUT2D eigenvalue weighted by Crippen LogP contribution is -2.55. The number of hydrogen-bond donors (Lipinski definition) is 1. The number of nitrogens with one attached hydrogen (secondary N) is 1. The Bertz CT molecular complexity index is 1160. The number of amides is 1. The molecule has 232 valence electrons. The molecular formula is C29H45NO9S2. The molecule has 3 aliphatic heterocycles. The van der Waals surface area contributed by atoms with Crippen LogP contribution in [0.4, 0.5) is 0 Å². The SMILES string of the molecule is CSCO[C@H]1[C@H]2OC(C)(C)O[C@H]2O[C@@H]1[C@@H](COS(=O)(=O)c1c(C(C)C)cc(C(C)C)cc1C(C)C)O[C@H]1CC(=O)N1. The zero-order chi connectivity index (χ0) is 30.3. The molecule has 6 atom stereocenters. The molecule has 0 radical (unpaired) electrons. The van der Waals surface area contributed by atoms with Gasteiger partial charge in [-0.3, -0.25) is 8.98 Å². The van der Waals surface area contributed by atoms with Crippen molar-refractivity contribution in [1.29, 1.82) is 0 Å². The minimum absolute atomic E-state index is 0.0451. The van der Waals surface area contributed by atoms with Gasteiger partial charge in [-0.2, -0.15) is 8.42 Å². The summed E-state index contributed by atoms with van der Waals surface area (Å²) in [5, 5.41) is 2.68. The average Bonchev–Trinajstić information content (AvgIpc) is 3.34. The van der Waals surface area contributed by atoms with Crippen LogP contribution in [0.2, 0.25) is 0 Å². The van der Waals surface area contributed by atoms with Gasteiger partial charge >= 0.3 is 0 Å². The van der Waals surface area contributed by atoms with Crippen LogP contribution in [0.15, 0.2) is 17.0 Å². The summed E-state index contributed by atoms with van der Waals surface area (Å²) in [6.07, 6.45) is -2.05. The van der Waals surface area contributed by atoms with Crippen molar-refractivity contribution in [2.24, 2.45) is 0 Å². The predicted molar refractivity (Wildman–Crippen MR) is 155 cm³/mol. The summed E-state index contributed by atoms with van der Waals surface area (Å²) in [5.41, 5.74) is 2.53. The maximum absolute atomic E-state index is 14.0.